The van der Waals surface area contributed by atoms with Gasteiger partial charge in [-0.2, -0.15) is 0 Å². The maximum Gasteiger partial charge on any atom is 0.294 e. The van der Waals surface area contributed by atoms with Crippen LogP contribution in [0.1, 0.15) is 22.2 Å². The summed E-state index contributed by atoms with van der Waals surface area (Å²) in [6, 6.07) is 22.2. The summed E-state index contributed by atoms with van der Waals surface area (Å²) in [6.45, 7) is 0. The van der Waals surface area contributed by atoms with Gasteiger partial charge in [0.25, 0.3) is 5.91 Å². The van der Waals surface area contributed by atoms with Gasteiger partial charge in [0.1, 0.15) is 11.3 Å². The molecular formula is C26H18BrNO5. The maximum atomic E-state index is 13.6. The van der Waals surface area contributed by atoms with E-state index < -0.39 is 23.5 Å². The van der Waals surface area contributed by atoms with Gasteiger partial charge in [0.05, 0.1) is 18.7 Å². The van der Waals surface area contributed by atoms with Crippen molar-refractivity contribution in [3.05, 3.63) is 106 Å². The van der Waals surface area contributed by atoms with Gasteiger partial charge < -0.3 is 14.3 Å². The molecule has 2 heterocycles. The lowest BCUT2D eigenvalue weighted by molar-refractivity contribution is -0.117. The number of Topliss-reactive ketones (excluding diaryl/α,β-unsaturated/α-hetero) is 1. The third-order valence-electron chi connectivity index (χ3n) is 5.62. The first kappa shape index (κ1) is 21.0. The van der Waals surface area contributed by atoms with Crippen LogP contribution in [-0.4, -0.2) is 23.9 Å². The number of halogens is 1. The molecule has 33 heavy (non-hydrogen) atoms. The molecule has 1 atom stereocenters. The van der Waals surface area contributed by atoms with Crippen molar-refractivity contribution in [2.75, 3.05) is 12.0 Å². The van der Waals surface area contributed by atoms with Gasteiger partial charge in [-0.3, -0.25) is 14.5 Å². The number of carbonyl (C=O) groups excluding carboxylic acids is 2. The van der Waals surface area contributed by atoms with Gasteiger partial charge in [-0.05, 0) is 54.1 Å². The third kappa shape index (κ3) is 3.60. The minimum absolute atomic E-state index is 0.0276. The zero-order valence-electron chi connectivity index (χ0n) is 17.5. The summed E-state index contributed by atoms with van der Waals surface area (Å²) in [4.78, 5) is 28.2. The predicted molar refractivity (Wildman–Crippen MR) is 128 cm³/mol. The molecular weight excluding hydrogens is 486 g/mol. The fourth-order valence-electron chi connectivity index (χ4n) is 4.06. The van der Waals surface area contributed by atoms with Crippen molar-refractivity contribution in [2.24, 2.45) is 0 Å². The second-order valence-electron chi connectivity index (χ2n) is 7.57. The zero-order valence-corrected chi connectivity index (χ0v) is 19.1. The number of hydrogen-bond donors (Lipinski definition) is 1. The number of carbonyl (C=O) groups is 2. The number of aliphatic hydroxyl groups excluding tert-OH is 1. The maximum absolute atomic E-state index is 13.6. The molecule has 1 aliphatic rings. The molecule has 1 aromatic heterocycles. The molecule has 1 amide bonds. The monoisotopic (exact) mass is 503 g/mol. The molecule has 1 aliphatic heterocycles. The molecule has 7 heteroatoms. The minimum Gasteiger partial charge on any atom is -0.503 e. The second kappa shape index (κ2) is 8.26. The molecule has 1 N–H and O–H groups in total. The van der Waals surface area contributed by atoms with Crippen molar-refractivity contribution in [1.29, 1.82) is 0 Å². The highest BCUT2D eigenvalue weighted by Crippen LogP contribution is 2.42. The number of methoxy groups -OCH3 is 1. The molecule has 0 saturated heterocycles. The Morgan fingerprint density at radius 2 is 1.76 bits per heavy atom. The molecule has 6 nitrogen and oxygen atoms in total. The van der Waals surface area contributed by atoms with E-state index in [1.165, 1.54) is 4.90 Å². The van der Waals surface area contributed by atoms with E-state index in [2.05, 4.69) is 15.9 Å². The van der Waals surface area contributed by atoms with E-state index in [4.69, 9.17) is 9.15 Å². The lowest BCUT2D eigenvalue weighted by atomic mass is 9.95. The molecule has 4 aromatic rings. The summed E-state index contributed by atoms with van der Waals surface area (Å²) < 4.78 is 11.8. The average Bonchev–Trinajstić information content (AvgIpc) is 3.38. The predicted octanol–water partition coefficient (Wildman–Crippen LogP) is 5.99. The number of furan rings is 1. The van der Waals surface area contributed by atoms with E-state index in [1.54, 1.807) is 43.5 Å². The van der Waals surface area contributed by atoms with E-state index in [9.17, 15) is 14.7 Å². The first-order valence-corrected chi connectivity index (χ1v) is 11.0. The van der Waals surface area contributed by atoms with E-state index in [-0.39, 0.29) is 11.3 Å². The van der Waals surface area contributed by atoms with Gasteiger partial charge in [-0.15, -0.1) is 0 Å². The van der Waals surface area contributed by atoms with Crippen LogP contribution < -0.4 is 9.64 Å². The topological polar surface area (TPSA) is 80.0 Å². The number of benzene rings is 3. The molecule has 5 rings (SSSR count). The number of fused-ring (bicyclic) bond motifs is 1. The first-order valence-electron chi connectivity index (χ1n) is 10.2. The van der Waals surface area contributed by atoms with E-state index in [0.717, 1.165) is 9.86 Å². The highest BCUT2D eigenvalue weighted by molar-refractivity contribution is 9.10. The molecule has 0 fully saturated rings. The quantitative estimate of drug-likeness (QED) is 0.338. The van der Waals surface area contributed by atoms with Gasteiger partial charge in [-0.1, -0.05) is 46.3 Å². The molecule has 0 aliphatic carbocycles. The Balaban J connectivity index is 1.63. The van der Waals surface area contributed by atoms with Crippen LogP contribution in [0, 0.1) is 0 Å². The Bertz CT molecular complexity index is 1410. The molecule has 0 saturated carbocycles. The van der Waals surface area contributed by atoms with Gasteiger partial charge in [0.2, 0.25) is 5.78 Å². The van der Waals surface area contributed by atoms with E-state index >= 15 is 0 Å². The number of ether oxygens (including phenoxy) is 1. The van der Waals surface area contributed by atoms with Crippen molar-refractivity contribution in [3.8, 4) is 5.75 Å². The Morgan fingerprint density at radius 1 is 1.03 bits per heavy atom. The van der Waals surface area contributed by atoms with Crippen molar-refractivity contribution in [2.45, 2.75) is 6.04 Å². The normalized spacial score (nSPS) is 16.0. The smallest absolute Gasteiger partial charge is 0.294 e. The molecule has 1 unspecified atom stereocenters. The van der Waals surface area contributed by atoms with Crippen LogP contribution in [0.3, 0.4) is 0 Å². The van der Waals surface area contributed by atoms with Crippen molar-refractivity contribution >= 4 is 44.3 Å². The molecule has 0 radical (unpaired) electrons. The lowest BCUT2D eigenvalue weighted by Crippen LogP contribution is -2.31. The Kier molecular flexibility index (Phi) is 5.26. The summed E-state index contributed by atoms with van der Waals surface area (Å²) in [6.07, 6.45) is 0. The average molecular weight is 504 g/mol. The van der Waals surface area contributed by atoms with Crippen LogP contribution in [0.5, 0.6) is 5.75 Å². The number of anilines is 1. The van der Waals surface area contributed by atoms with Crippen LogP contribution >= 0.6 is 15.9 Å². The zero-order chi connectivity index (χ0) is 23.1. The van der Waals surface area contributed by atoms with Crippen LogP contribution in [0.25, 0.3) is 11.0 Å². The van der Waals surface area contributed by atoms with Gasteiger partial charge >= 0.3 is 0 Å². The van der Waals surface area contributed by atoms with Crippen LogP contribution in [0.15, 0.2) is 99.1 Å². The molecule has 3 aromatic carbocycles. The highest BCUT2D eigenvalue weighted by atomic mass is 79.9. The number of aliphatic hydroxyl groups is 1. The van der Waals surface area contributed by atoms with Crippen LogP contribution in [0.4, 0.5) is 5.69 Å². The molecule has 0 bridgehead atoms. The largest absolute Gasteiger partial charge is 0.503 e. The first-order chi connectivity index (χ1) is 16.0. The fourth-order valence-corrected chi connectivity index (χ4v) is 4.43. The third-order valence-corrected chi connectivity index (χ3v) is 6.11. The highest BCUT2D eigenvalue weighted by Gasteiger charge is 2.45. The van der Waals surface area contributed by atoms with Crippen molar-refractivity contribution < 1.29 is 23.8 Å². The summed E-state index contributed by atoms with van der Waals surface area (Å²) in [5, 5.41) is 11.6. The van der Waals surface area contributed by atoms with Crippen molar-refractivity contribution in [1.82, 2.24) is 0 Å². The minimum atomic E-state index is -0.820. The number of amides is 1. The van der Waals surface area contributed by atoms with Gasteiger partial charge in [-0.25, -0.2) is 0 Å². The van der Waals surface area contributed by atoms with Crippen LogP contribution in [-0.2, 0) is 4.79 Å². The van der Waals surface area contributed by atoms with Crippen molar-refractivity contribution in [3.63, 3.8) is 0 Å². The Hall–Kier alpha value is -3.84. The van der Waals surface area contributed by atoms with E-state index in [1.807, 2.05) is 42.5 Å². The number of ketones is 1. The summed E-state index contributed by atoms with van der Waals surface area (Å²) in [5.74, 6) is -1.11. The SMILES string of the molecule is COc1ccc(N2C(=O)C(O)=C(C(=O)c3cc4cc(Br)ccc4o3)C2c2ccccc2)cc1. The fraction of sp³-hybridized carbons (Fsp3) is 0.0769. The summed E-state index contributed by atoms with van der Waals surface area (Å²) >= 11 is 3.41. The summed E-state index contributed by atoms with van der Waals surface area (Å²) in [7, 11) is 1.55. The van der Waals surface area contributed by atoms with Gasteiger partial charge in [0, 0.05) is 15.5 Å². The molecule has 164 valence electrons. The summed E-state index contributed by atoms with van der Waals surface area (Å²) in [5.41, 5.74) is 1.72. The van der Waals surface area contributed by atoms with Crippen LogP contribution in [0.2, 0.25) is 0 Å². The van der Waals surface area contributed by atoms with E-state index in [0.29, 0.717) is 22.6 Å². The second-order valence-corrected chi connectivity index (χ2v) is 8.49. The number of rotatable bonds is 5. The lowest BCUT2D eigenvalue weighted by Gasteiger charge is -2.26. The Morgan fingerprint density at radius 3 is 2.45 bits per heavy atom. The number of nitrogens with zero attached hydrogens (tertiary/aromatic N) is 1. The number of hydrogen-bond acceptors (Lipinski definition) is 5. The Labute approximate surface area is 197 Å². The standard InChI is InChI=1S/C26H18BrNO5/c1-32-19-10-8-18(9-11-19)28-23(15-5-3-2-4-6-15)22(25(30)26(28)31)24(29)21-14-16-13-17(27)7-12-20(16)33-21/h2-14,23,30H,1H3. The molecule has 0 spiro atoms. The van der Waals surface area contributed by atoms with Gasteiger partial charge in [0.15, 0.2) is 11.5 Å².